The van der Waals surface area contributed by atoms with E-state index in [-0.39, 0.29) is 11.6 Å². The van der Waals surface area contributed by atoms with Crippen LogP contribution in [-0.2, 0) is 0 Å². The van der Waals surface area contributed by atoms with Crippen LogP contribution in [0.25, 0.3) is 33.5 Å². The van der Waals surface area contributed by atoms with Crippen molar-refractivity contribution in [2.45, 2.75) is 0 Å². The maximum atomic E-state index is 14.9. The second-order valence-corrected chi connectivity index (χ2v) is 8.30. The van der Waals surface area contributed by atoms with E-state index < -0.39 is 0 Å². The Bertz CT molecular complexity index is 1350. The normalized spacial score (nSPS) is 16.1. The second kappa shape index (κ2) is 6.75. The first-order chi connectivity index (χ1) is 15.1. The summed E-state index contributed by atoms with van der Waals surface area (Å²) < 4.78 is 14.9. The van der Waals surface area contributed by atoms with Crippen LogP contribution in [0, 0.1) is 5.82 Å². The monoisotopic (exact) mass is 412 g/mol. The third kappa shape index (κ3) is 2.79. The number of halogens is 1. The van der Waals surface area contributed by atoms with Crippen LogP contribution in [0.4, 0.5) is 10.1 Å². The average molecular weight is 412 g/mol. The van der Waals surface area contributed by atoms with Crippen molar-refractivity contribution in [1.82, 2.24) is 14.9 Å². The molecule has 1 aliphatic carbocycles. The zero-order valence-electron chi connectivity index (χ0n) is 17.2. The Hall–Kier alpha value is -3.51. The van der Waals surface area contributed by atoms with Gasteiger partial charge in [0.1, 0.15) is 11.6 Å². The quantitative estimate of drug-likeness (QED) is 0.469. The van der Waals surface area contributed by atoms with Gasteiger partial charge >= 0.3 is 0 Å². The van der Waals surface area contributed by atoms with E-state index in [1.54, 1.807) is 0 Å². The lowest BCUT2D eigenvalue weighted by Crippen LogP contribution is -2.44. The van der Waals surface area contributed by atoms with Gasteiger partial charge in [-0.25, -0.2) is 9.37 Å². The first-order valence-corrected chi connectivity index (χ1v) is 10.5. The highest BCUT2D eigenvalue weighted by molar-refractivity contribution is 6.23. The van der Waals surface area contributed by atoms with Gasteiger partial charge < -0.3 is 14.8 Å². The minimum atomic E-state index is -0.256. The Morgan fingerprint density at radius 1 is 0.903 bits per heavy atom. The van der Waals surface area contributed by atoms with E-state index in [0.29, 0.717) is 28.2 Å². The first kappa shape index (κ1) is 18.3. The van der Waals surface area contributed by atoms with Gasteiger partial charge in [-0.05, 0) is 18.7 Å². The van der Waals surface area contributed by atoms with Crippen molar-refractivity contribution < 1.29 is 9.18 Å². The molecule has 3 aromatic carbocycles. The maximum Gasteiger partial charge on any atom is 0.194 e. The Balaban J connectivity index is 1.47. The number of carbonyl (C=O) groups excluding carboxylic acids is 1. The number of rotatable bonds is 2. The van der Waals surface area contributed by atoms with Gasteiger partial charge in [-0.2, -0.15) is 0 Å². The summed E-state index contributed by atoms with van der Waals surface area (Å²) in [5.41, 5.74) is 6.04. The summed E-state index contributed by atoms with van der Waals surface area (Å²) in [5, 5.41) is 0. The highest BCUT2D eigenvalue weighted by atomic mass is 19.1. The van der Waals surface area contributed by atoms with Crippen LogP contribution in [0.15, 0.2) is 54.6 Å². The molecule has 4 aromatic rings. The van der Waals surface area contributed by atoms with Gasteiger partial charge in [-0.15, -0.1) is 0 Å². The minimum absolute atomic E-state index is 0.0342. The number of aromatic nitrogens is 2. The third-order valence-electron chi connectivity index (χ3n) is 6.40. The average Bonchev–Trinajstić information content (AvgIpc) is 3.33. The van der Waals surface area contributed by atoms with Crippen molar-refractivity contribution in [3.05, 3.63) is 71.5 Å². The Labute approximate surface area is 179 Å². The molecule has 0 atom stereocenters. The lowest BCUT2D eigenvalue weighted by Gasteiger charge is -2.34. The number of aromatic amines is 1. The van der Waals surface area contributed by atoms with Gasteiger partial charge in [0.25, 0.3) is 0 Å². The van der Waals surface area contributed by atoms with E-state index >= 15 is 0 Å². The first-order valence-electron chi connectivity index (χ1n) is 10.5. The molecule has 0 unspecified atom stereocenters. The summed E-state index contributed by atoms with van der Waals surface area (Å²) in [5.74, 6) is 0.423. The summed E-state index contributed by atoms with van der Waals surface area (Å²) in [6.07, 6.45) is 0. The van der Waals surface area contributed by atoms with Crippen LogP contribution in [0.2, 0.25) is 0 Å². The van der Waals surface area contributed by atoms with Gasteiger partial charge in [-0.1, -0.05) is 42.5 Å². The van der Waals surface area contributed by atoms with E-state index in [4.69, 9.17) is 0 Å². The van der Waals surface area contributed by atoms with E-state index in [0.717, 1.165) is 48.4 Å². The fraction of sp³-hybridized carbons (Fsp3) is 0.200. The molecule has 0 spiro atoms. The molecule has 1 N–H and O–H groups in total. The van der Waals surface area contributed by atoms with Gasteiger partial charge in [0.2, 0.25) is 0 Å². The number of likely N-dealkylation sites (N-methyl/N-ethyl adjacent to an activating group) is 1. The Morgan fingerprint density at radius 3 is 2.42 bits per heavy atom. The van der Waals surface area contributed by atoms with Crippen LogP contribution in [0.5, 0.6) is 0 Å². The number of piperazine rings is 1. The highest BCUT2D eigenvalue weighted by Gasteiger charge is 2.29. The van der Waals surface area contributed by atoms with E-state index in [9.17, 15) is 9.18 Å². The fourth-order valence-corrected chi connectivity index (χ4v) is 4.71. The minimum Gasteiger partial charge on any atom is -0.367 e. The number of hydrogen-bond acceptors (Lipinski definition) is 4. The van der Waals surface area contributed by atoms with Crippen LogP contribution < -0.4 is 4.90 Å². The summed E-state index contributed by atoms with van der Waals surface area (Å²) in [6, 6.07) is 16.7. The molecular weight excluding hydrogens is 391 g/mol. The van der Waals surface area contributed by atoms with Gasteiger partial charge in [0.05, 0.1) is 16.7 Å². The maximum absolute atomic E-state index is 14.9. The molecule has 0 radical (unpaired) electrons. The molecular formula is C25H21FN4O. The summed E-state index contributed by atoms with van der Waals surface area (Å²) in [7, 11) is 2.08. The van der Waals surface area contributed by atoms with Crippen molar-refractivity contribution in [3.63, 3.8) is 0 Å². The molecule has 1 aromatic heterocycles. The molecule has 1 saturated heterocycles. The number of benzene rings is 3. The summed E-state index contributed by atoms with van der Waals surface area (Å²) in [4.78, 5) is 25.2. The van der Waals surface area contributed by atoms with Crippen molar-refractivity contribution in [1.29, 1.82) is 0 Å². The topological polar surface area (TPSA) is 52.2 Å². The van der Waals surface area contributed by atoms with E-state index in [2.05, 4.69) is 26.8 Å². The molecule has 1 fully saturated rings. The summed E-state index contributed by atoms with van der Waals surface area (Å²) >= 11 is 0. The van der Waals surface area contributed by atoms with Crippen molar-refractivity contribution >= 4 is 22.5 Å². The summed E-state index contributed by atoms with van der Waals surface area (Å²) in [6.45, 7) is 3.42. The predicted octanol–water partition coefficient (Wildman–Crippen LogP) is 4.33. The standard InChI is InChI=1S/C25H21FN4O/c1-29-9-11-30(12-10-29)22-14-21-20(13-19(22)26)27-25(28-21)18-8-4-7-17-23(18)15-5-2-3-6-16(15)24(17)31/h2-8,13-14H,9-12H2,1H3,(H,27,28). The third-order valence-corrected chi connectivity index (χ3v) is 6.40. The van der Waals surface area contributed by atoms with Crippen LogP contribution in [0.3, 0.4) is 0 Å². The molecule has 6 rings (SSSR count). The molecule has 5 nitrogen and oxygen atoms in total. The Morgan fingerprint density at radius 2 is 1.61 bits per heavy atom. The lowest BCUT2D eigenvalue weighted by molar-refractivity contribution is 0.104. The molecule has 154 valence electrons. The Kier molecular flexibility index (Phi) is 3.98. The van der Waals surface area contributed by atoms with Crippen molar-refractivity contribution in [2.75, 3.05) is 38.1 Å². The van der Waals surface area contributed by atoms with E-state index in [1.165, 1.54) is 6.07 Å². The number of ketones is 1. The van der Waals surface area contributed by atoms with Crippen LogP contribution in [0.1, 0.15) is 15.9 Å². The molecule has 0 bridgehead atoms. The lowest BCUT2D eigenvalue weighted by atomic mass is 9.99. The van der Waals surface area contributed by atoms with Gasteiger partial charge in [0.15, 0.2) is 5.78 Å². The molecule has 0 amide bonds. The predicted molar refractivity (Wildman–Crippen MR) is 120 cm³/mol. The number of nitrogens with one attached hydrogen (secondary N) is 1. The number of fused-ring (bicyclic) bond motifs is 4. The van der Waals surface area contributed by atoms with Gasteiger partial charge in [0, 0.05) is 54.5 Å². The number of H-pyrrole nitrogens is 1. The SMILES string of the molecule is CN1CCN(c2cc3[nH]c(-c4cccc5c4-c4ccccc4C5=O)nc3cc2F)CC1. The molecule has 1 aliphatic heterocycles. The fourth-order valence-electron chi connectivity index (χ4n) is 4.71. The number of imidazole rings is 1. The number of nitrogens with zero attached hydrogens (tertiary/aromatic N) is 3. The smallest absolute Gasteiger partial charge is 0.194 e. The zero-order valence-corrected chi connectivity index (χ0v) is 17.2. The molecule has 31 heavy (non-hydrogen) atoms. The molecule has 2 aliphatic rings. The molecule has 2 heterocycles. The molecule has 0 saturated carbocycles. The van der Waals surface area contributed by atoms with Gasteiger partial charge in [-0.3, -0.25) is 4.79 Å². The van der Waals surface area contributed by atoms with Crippen LogP contribution >= 0.6 is 0 Å². The second-order valence-electron chi connectivity index (χ2n) is 8.30. The number of carbonyl (C=O) groups is 1. The van der Waals surface area contributed by atoms with Crippen molar-refractivity contribution in [3.8, 4) is 22.5 Å². The molecule has 6 heteroatoms. The largest absolute Gasteiger partial charge is 0.367 e. The number of hydrogen-bond donors (Lipinski definition) is 1. The highest BCUT2D eigenvalue weighted by Crippen LogP contribution is 2.42. The van der Waals surface area contributed by atoms with Crippen molar-refractivity contribution in [2.24, 2.45) is 0 Å². The number of anilines is 1. The zero-order chi connectivity index (χ0) is 21.1. The van der Waals surface area contributed by atoms with E-state index in [1.807, 2.05) is 48.5 Å². The van der Waals surface area contributed by atoms with Crippen LogP contribution in [-0.4, -0.2) is 53.9 Å².